The Morgan fingerprint density at radius 3 is 2.75 bits per heavy atom. The average molecular weight is 223 g/mol. The van der Waals surface area contributed by atoms with Crippen LogP contribution in [-0.2, 0) is 0 Å². The van der Waals surface area contributed by atoms with Crippen LogP contribution in [0.4, 0.5) is 0 Å². The van der Waals surface area contributed by atoms with Crippen molar-refractivity contribution >= 4 is 5.91 Å². The quantitative estimate of drug-likeness (QED) is 0.535. The molecule has 0 bridgehead atoms. The molecule has 1 amide bonds. The highest BCUT2D eigenvalue weighted by Crippen LogP contribution is 2.31. The van der Waals surface area contributed by atoms with Crippen molar-refractivity contribution in [2.45, 2.75) is 25.4 Å². The van der Waals surface area contributed by atoms with Crippen LogP contribution in [0.3, 0.4) is 0 Å². The molecule has 16 heavy (non-hydrogen) atoms. The van der Waals surface area contributed by atoms with E-state index in [1.807, 2.05) is 0 Å². The molecule has 1 aromatic carbocycles. The number of phenolic OH excluding ortho intramolecular Hbond substituents is 1. The van der Waals surface area contributed by atoms with Crippen LogP contribution in [0.5, 0.6) is 11.5 Å². The summed E-state index contributed by atoms with van der Waals surface area (Å²) in [6.45, 7) is 0. The number of hydrogen-bond acceptors (Lipinski definition) is 4. The molecule has 1 saturated carbocycles. The molecule has 0 aliphatic heterocycles. The molecule has 3 N–H and O–H groups in total. The molecule has 0 heterocycles. The van der Waals surface area contributed by atoms with Gasteiger partial charge in [0.1, 0.15) is 17.1 Å². The number of carbonyl (C=O) groups excluding carboxylic acids is 1. The first-order valence-electron chi connectivity index (χ1n) is 5.15. The lowest BCUT2D eigenvalue weighted by molar-refractivity contribution is 0.0686. The van der Waals surface area contributed by atoms with Gasteiger partial charge in [0.2, 0.25) is 0 Å². The molecule has 5 nitrogen and oxygen atoms in total. The first-order chi connectivity index (χ1) is 7.72. The van der Waals surface area contributed by atoms with E-state index in [1.165, 1.54) is 11.5 Å². The van der Waals surface area contributed by atoms with Gasteiger partial charge in [0.25, 0.3) is 5.91 Å². The van der Waals surface area contributed by atoms with Crippen molar-refractivity contribution in [1.29, 1.82) is 0 Å². The summed E-state index contributed by atoms with van der Waals surface area (Å²) in [4.78, 5) is 11.3. The maximum absolute atomic E-state index is 11.3. The molecule has 1 aliphatic carbocycles. The molecule has 86 valence electrons. The lowest BCUT2D eigenvalue weighted by Gasteiger charge is -2.27. The first-order valence-corrected chi connectivity index (χ1v) is 5.15. The number of rotatable bonds is 3. The highest BCUT2D eigenvalue weighted by atomic mass is 16.5. The average Bonchev–Trinajstić information content (AvgIpc) is 2.22. The Labute approximate surface area is 92.6 Å². The number of aromatic hydroxyl groups is 1. The molecule has 0 spiro atoms. The summed E-state index contributed by atoms with van der Waals surface area (Å²) in [7, 11) is 0. The van der Waals surface area contributed by atoms with Crippen LogP contribution >= 0.6 is 0 Å². The van der Waals surface area contributed by atoms with Crippen molar-refractivity contribution in [1.82, 2.24) is 5.48 Å². The summed E-state index contributed by atoms with van der Waals surface area (Å²) in [5, 5.41) is 18.1. The summed E-state index contributed by atoms with van der Waals surface area (Å²) in [6, 6.07) is 4.57. The summed E-state index contributed by atoms with van der Waals surface area (Å²) in [5.74, 6) is -0.674. The second-order valence-electron chi connectivity index (χ2n) is 3.76. The summed E-state index contributed by atoms with van der Waals surface area (Å²) in [6.07, 6.45) is 3.13. The van der Waals surface area contributed by atoms with Gasteiger partial charge in [-0.05, 0) is 31.4 Å². The minimum Gasteiger partial charge on any atom is -0.507 e. The van der Waals surface area contributed by atoms with Gasteiger partial charge in [-0.15, -0.1) is 0 Å². The number of nitrogens with one attached hydrogen (secondary N) is 1. The Kier molecular flexibility index (Phi) is 2.96. The number of hydrogen-bond donors (Lipinski definition) is 3. The molecule has 0 unspecified atom stereocenters. The van der Waals surface area contributed by atoms with Crippen molar-refractivity contribution in [3.05, 3.63) is 23.8 Å². The number of ether oxygens (including phenoxy) is 1. The van der Waals surface area contributed by atoms with Crippen molar-refractivity contribution in [2.24, 2.45) is 0 Å². The van der Waals surface area contributed by atoms with Gasteiger partial charge in [-0.2, -0.15) is 0 Å². The molecule has 0 saturated heterocycles. The molecular weight excluding hydrogens is 210 g/mol. The second kappa shape index (κ2) is 4.40. The van der Waals surface area contributed by atoms with E-state index in [9.17, 15) is 9.90 Å². The Hall–Kier alpha value is -1.75. The second-order valence-corrected chi connectivity index (χ2v) is 3.76. The normalized spacial score (nSPS) is 15.3. The highest BCUT2D eigenvalue weighted by molar-refractivity contribution is 5.98. The third-order valence-electron chi connectivity index (χ3n) is 2.68. The van der Waals surface area contributed by atoms with E-state index in [0.29, 0.717) is 5.75 Å². The fourth-order valence-electron chi connectivity index (χ4n) is 1.57. The number of carbonyl (C=O) groups is 1. The monoisotopic (exact) mass is 223 g/mol. The fourth-order valence-corrected chi connectivity index (χ4v) is 1.57. The Morgan fingerprint density at radius 2 is 2.19 bits per heavy atom. The minimum absolute atomic E-state index is 0.0306. The van der Waals surface area contributed by atoms with Crippen LogP contribution in [-0.4, -0.2) is 22.3 Å². The third-order valence-corrected chi connectivity index (χ3v) is 2.68. The summed E-state index contributed by atoms with van der Waals surface area (Å²) >= 11 is 0. The Bertz CT molecular complexity index is 401. The SMILES string of the molecule is O=C(NO)c1c(O)cccc1OC1CCC1. The van der Waals surface area contributed by atoms with Gasteiger partial charge in [-0.25, -0.2) is 5.48 Å². The van der Waals surface area contributed by atoms with Crippen LogP contribution in [0.15, 0.2) is 18.2 Å². The van der Waals surface area contributed by atoms with Gasteiger partial charge in [0, 0.05) is 0 Å². The van der Waals surface area contributed by atoms with Crippen molar-refractivity contribution < 1.29 is 19.8 Å². The lowest BCUT2D eigenvalue weighted by Crippen LogP contribution is -2.27. The van der Waals surface area contributed by atoms with E-state index >= 15 is 0 Å². The number of phenols is 1. The van der Waals surface area contributed by atoms with E-state index in [1.54, 1.807) is 12.1 Å². The van der Waals surface area contributed by atoms with Gasteiger partial charge < -0.3 is 9.84 Å². The van der Waals surface area contributed by atoms with Gasteiger partial charge in [0.15, 0.2) is 0 Å². The van der Waals surface area contributed by atoms with Gasteiger partial charge in [0.05, 0.1) is 6.10 Å². The van der Waals surface area contributed by atoms with E-state index in [2.05, 4.69) is 0 Å². The summed E-state index contributed by atoms with van der Waals surface area (Å²) in [5.41, 5.74) is 1.46. The van der Waals surface area contributed by atoms with Crippen LogP contribution in [0.1, 0.15) is 29.6 Å². The zero-order valence-electron chi connectivity index (χ0n) is 8.64. The van der Waals surface area contributed by atoms with E-state index in [4.69, 9.17) is 9.94 Å². The number of amides is 1. The van der Waals surface area contributed by atoms with Crippen LogP contribution in [0.25, 0.3) is 0 Å². The van der Waals surface area contributed by atoms with E-state index in [-0.39, 0.29) is 17.4 Å². The maximum atomic E-state index is 11.3. The van der Waals surface area contributed by atoms with Crippen molar-refractivity contribution in [2.75, 3.05) is 0 Å². The van der Waals surface area contributed by atoms with E-state index in [0.717, 1.165) is 19.3 Å². The van der Waals surface area contributed by atoms with Crippen LogP contribution in [0, 0.1) is 0 Å². The number of benzene rings is 1. The molecule has 0 atom stereocenters. The number of hydroxylamine groups is 1. The maximum Gasteiger partial charge on any atom is 0.282 e. The topological polar surface area (TPSA) is 78.8 Å². The zero-order valence-corrected chi connectivity index (χ0v) is 8.64. The molecule has 1 aromatic rings. The zero-order chi connectivity index (χ0) is 11.5. The highest BCUT2D eigenvalue weighted by Gasteiger charge is 2.23. The summed E-state index contributed by atoms with van der Waals surface area (Å²) < 4.78 is 5.55. The Balaban J connectivity index is 2.27. The molecular formula is C11H13NO4. The molecule has 0 radical (unpaired) electrons. The molecule has 1 fully saturated rings. The predicted molar refractivity (Wildman–Crippen MR) is 55.6 cm³/mol. The van der Waals surface area contributed by atoms with Crippen LogP contribution in [0.2, 0.25) is 0 Å². The molecule has 2 rings (SSSR count). The van der Waals surface area contributed by atoms with E-state index < -0.39 is 5.91 Å². The van der Waals surface area contributed by atoms with Crippen molar-refractivity contribution in [3.63, 3.8) is 0 Å². The largest absolute Gasteiger partial charge is 0.507 e. The Morgan fingerprint density at radius 1 is 1.44 bits per heavy atom. The smallest absolute Gasteiger partial charge is 0.282 e. The fraction of sp³-hybridized carbons (Fsp3) is 0.364. The van der Waals surface area contributed by atoms with Gasteiger partial charge >= 0.3 is 0 Å². The van der Waals surface area contributed by atoms with Crippen LogP contribution < -0.4 is 10.2 Å². The standard InChI is InChI=1S/C11H13NO4/c13-8-5-2-6-9(10(8)11(14)12-15)16-7-3-1-4-7/h2,5-7,13,15H,1,3-4H2,(H,12,14). The molecule has 0 aromatic heterocycles. The first kappa shape index (κ1) is 10.8. The van der Waals surface area contributed by atoms with Crippen molar-refractivity contribution in [3.8, 4) is 11.5 Å². The van der Waals surface area contributed by atoms with Gasteiger partial charge in [-0.3, -0.25) is 10.0 Å². The van der Waals surface area contributed by atoms with Gasteiger partial charge in [-0.1, -0.05) is 6.07 Å². The third kappa shape index (κ3) is 1.94. The predicted octanol–water partition coefficient (Wildman–Crippen LogP) is 1.44. The molecule has 1 aliphatic rings. The molecule has 5 heteroatoms. The minimum atomic E-state index is -0.771. The lowest BCUT2D eigenvalue weighted by atomic mass is 9.96.